The lowest BCUT2D eigenvalue weighted by Crippen LogP contribution is -2.22. The van der Waals surface area contributed by atoms with Gasteiger partial charge in [-0.15, -0.1) is 6.58 Å². The van der Waals surface area contributed by atoms with E-state index in [1.165, 1.54) is 0 Å². The predicted octanol–water partition coefficient (Wildman–Crippen LogP) is 3.63. The van der Waals surface area contributed by atoms with Crippen molar-refractivity contribution in [2.24, 2.45) is 11.8 Å². The first-order valence-corrected chi connectivity index (χ1v) is 7.51. The molecular formula is C12H23O4P. The summed E-state index contributed by atoms with van der Waals surface area (Å²) in [5.41, 5.74) is -0.434. The maximum atomic E-state index is 12.3. The fraction of sp³-hybridized carbons (Fsp3) is 0.750. The van der Waals surface area contributed by atoms with Gasteiger partial charge in [0.25, 0.3) is 0 Å². The molecule has 0 amide bonds. The molecule has 0 spiro atoms. The molecule has 4 nitrogen and oxygen atoms in total. The number of allylic oxidation sites excluding steroid dienone is 1. The second-order valence-corrected chi connectivity index (χ2v) is 6.00. The van der Waals surface area contributed by atoms with Crippen molar-refractivity contribution in [2.75, 3.05) is 13.2 Å². The van der Waals surface area contributed by atoms with Crippen molar-refractivity contribution in [3.63, 3.8) is 0 Å². The van der Waals surface area contributed by atoms with Crippen molar-refractivity contribution >= 4 is 13.1 Å². The molecule has 0 aliphatic carbocycles. The normalized spacial score (nSPS) is 13.7. The lowest BCUT2D eigenvalue weighted by molar-refractivity contribution is -0.118. The SMILES string of the molecule is C=CCC(C(=O)P(=O)(OCC)OCC)C(C)C. The molecule has 0 saturated heterocycles. The van der Waals surface area contributed by atoms with Crippen molar-refractivity contribution in [2.45, 2.75) is 34.1 Å². The molecule has 5 heteroatoms. The van der Waals surface area contributed by atoms with Crippen LogP contribution in [0.25, 0.3) is 0 Å². The number of carbonyl (C=O) groups excluding carboxylic acids is 1. The van der Waals surface area contributed by atoms with Gasteiger partial charge in [-0.2, -0.15) is 0 Å². The molecule has 0 saturated carbocycles. The minimum atomic E-state index is -3.64. The molecule has 0 bridgehead atoms. The van der Waals surface area contributed by atoms with Gasteiger partial charge in [-0.1, -0.05) is 19.9 Å². The Balaban J connectivity index is 5.02. The number of rotatable bonds is 9. The third-order valence-electron chi connectivity index (χ3n) is 2.41. The molecule has 1 unspecified atom stereocenters. The van der Waals surface area contributed by atoms with Crippen LogP contribution in [0.3, 0.4) is 0 Å². The Morgan fingerprint density at radius 3 is 2.06 bits per heavy atom. The van der Waals surface area contributed by atoms with Crippen molar-refractivity contribution in [1.82, 2.24) is 0 Å². The summed E-state index contributed by atoms with van der Waals surface area (Å²) >= 11 is 0. The predicted molar refractivity (Wildman–Crippen MR) is 69.0 cm³/mol. The van der Waals surface area contributed by atoms with E-state index in [1.807, 2.05) is 13.8 Å². The molecule has 0 heterocycles. The number of hydrogen-bond donors (Lipinski definition) is 0. The van der Waals surface area contributed by atoms with E-state index in [0.29, 0.717) is 6.42 Å². The average Bonchev–Trinajstić information content (AvgIpc) is 2.25. The summed E-state index contributed by atoms with van der Waals surface area (Å²) in [4.78, 5) is 12.2. The average molecular weight is 262 g/mol. The first kappa shape index (κ1) is 16.6. The lowest BCUT2D eigenvalue weighted by Gasteiger charge is -2.23. The summed E-state index contributed by atoms with van der Waals surface area (Å²) in [6.45, 7) is 11.2. The van der Waals surface area contributed by atoms with Crippen LogP contribution < -0.4 is 0 Å². The van der Waals surface area contributed by atoms with Gasteiger partial charge in [-0.3, -0.25) is 9.36 Å². The zero-order chi connectivity index (χ0) is 13.5. The van der Waals surface area contributed by atoms with Crippen molar-refractivity contribution in [1.29, 1.82) is 0 Å². The van der Waals surface area contributed by atoms with Gasteiger partial charge >= 0.3 is 7.60 Å². The van der Waals surface area contributed by atoms with Gasteiger partial charge in [0.2, 0.25) is 5.52 Å². The molecule has 1 atom stereocenters. The molecular weight excluding hydrogens is 239 g/mol. The Kier molecular flexibility index (Phi) is 7.60. The van der Waals surface area contributed by atoms with Crippen LogP contribution in [0.2, 0.25) is 0 Å². The second-order valence-electron chi connectivity index (χ2n) is 4.05. The van der Waals surface area contributed by atoms with E-state index in [-0.39, 0.29) is 25.0 Å². The Morgan fingerprint density at radius 2 is 1.76 bits per heavy atom. The number of carbonyl (C=O) groups is 1. The summed E-state index contributed by atoms with van der Waals surface area (Å²) in [5, 5.41) is 0. The first-order valence-electron chi connectivity index (χ1n) is 5.97. The minimum Gasteiger partial charge on any atom is -0.303 e. The molecule has 0 fully saturated rings. The van der Waals surface area contributed by atoms with E-state index in [4.69, 9.17) is 9.05 Å². The van der Waals surface area contributed by atoms with Crippen LogP contribution in [0, 0.1) is 11.8 Å². The molecule has 0 aromatic rings. The Labute approximate surface area is 104 Å². The topological polar surface area (TPSA) is 52.6 Å². The van der Waals surface area contributed by atoms with Crippen molar-refractivity contribution < 1.29 is 18.4 Å². The Bertz CT molecular complexity index is 289. The van der Waals surface area contributed by atoms with Crippen LogP contribution in [-0.2, 0) is 18.4 Å². The summed E-state index contributed by atoms with van der Waals surface area (Å²) < 4.78 is 22.4. The zero-order valence-electron chi connectivity index (χ0n) is 11.1. The van der Waals surface area contributed by atoms with Gasteiger partial charge in [-0.25, -0.2) is 0 Å². The monoisotopic (exact) mass is 262 g/mol. The highest BCUT2D eigenvalue weighted by molar-refractivity contribution is 7.71. The maximum Gasteiger partial charge on any atom is 0.396 e. The van der Waals surface area contributed by atoms with E-state index < -0.39 is 13.1 Å². The molecule has 17 heavy (non-hydrogen) atoms. The van der Waals surface area contributed by atoms with Crippen LogP contribution in [0.5, 0.6) is 0 Å². The molecule has 0 rings (SSSR count). The summed E-state index contributed by atoms with van der Waals surface area (Å²) in [7, 11) is -3.64. The standard InChI is InChI=1S/C12H23O4P/c1-6-9-11(10(4)5)12(13)17(14,15-7-2)16-8-3/h6,10-11H,1,7-9H2,2-5H3. The first-order chi connectivity index (χ1) is 7.92. The summed E-state index contributed by atoms with van der Waals surface area (Å²) in [5.74, 6) is -0.286. The largest absolute Gasteiger partial charge is 0.396 e. The molecule has 0 radical (unpaired) electrons. The fourth-order valence-corrected chi connectivity index (χ4v) is 3.36. The molecule has 0 aromatic heterocycles. The van der Waals surface area contributed by atoms with E-state index in [1.54, 1.807) is 19.9 Å². The molecule has 0 N–H and O–H groups in total. The van der Waals surface area contributed by atoms with Gasteiger partial charge in [0.1, 0.15) is 0 Å². The fourth-order valence-electron chi connectivity index (χ4n) is 1.55. The zero-order valence-corrected chi connectivity index (χ0v) is 12.0. The highest BCUT2D eigenvalue weighted by Crippen LogP contribution is 2.52. The van der Waals surface area contributed by atoms with E-state index >= 15 is 0 Å². The van der Waals surface area contributed by atoms with Gasteiger partial charge in [0.05, 0.1) is 13.2 Å². The van der Waals surface area contributed by atoms with Gasteiger partial charge < -0.3 is 9.05 Å². The van der Waals surface area contributed by atoms with Crippen molar-refractivity contribution in [3.8, 4) is 0 Å². The maximum absolute atomic E-state index is 12.3. The van der Waals surface area contributed by atoms with Crippen LogP contribution in [0.15, 0.2) is 12.7 Å². The highest BCUT2D eigenvalue weighted by atomic mass is 31.2. The van der Waals surface area contributed by atoms with E-state index in [9.17, 15) is 9.36 Å². The molecule has 100 valence electrons. The molecule has 0 aliphatic rings. The van der Waals surface area contributed by atoms with E-state index in [2.05, 4.69) is 6.58 Å². The quantitative estimate of drug-likeness (QED) is 0.470. The minimum absolute atomic E-state index is 0.0785. The van der Waals surface area contributed by atoms with Crippen LogP contribution in [0.1, 0.15) is 34.1 Å². The van der Waals surface area contributed by atoms with Gasteiger partial charge in [0, 0.05) is 5.92 Å². The van der Waals surface area contributed by atoms with Gasteiger partial charge in [-0.05, 0) is 26.2 Å². The van der Waals surface area contributed by atoms with Crippen LogP contribution >= 0.6 is 7.60 Å². The van der Waals surface area contributed by atoms with Crippen molar-refractivity contribution in [3.05, 3.63) is 12.7 Å². The third kappa shape index (κ3) is 4.74. The Hall–Kier alpha value is -0.440. The lowest BCUT2D eigenvalue weighted by atomic mass is 9.94. The number of hydrogen-bond acceptors (Lipinski definition) is 4. The van der Waals surface area contributed by atoms with Gasteiger partial charge in [0.15, 0.2) is 0 Å². The third-order valence-corrected chi connectivity index (χ3v) is 4.48. The van der Waals surface area contributed by atoms with E-state index in [0.717, 1.165) is 0 Å². The molecule has 0 aliphatic heterocycles. The summed E-state index contributed by atoms with van der Waals surface area (Å²) in [6.07, 6.45) is 2.14. The smallest absolute Gasteiger partial charge is 0.303 e. The Morgan fingerprint density at radius 1 is 1.29 bits per heavy atom. The second kappa shape index (κ2) is 7.80. The van der Waals surface area contributed by atoms with Crippen LogP contribution in [0.4, 0.5) is 0 Å². The molecule has 0 aromatic carbocycles. The van der Waals surface area contributed by atoms with Crippen LogP contribution in [-0.4, -0.2) is 18.7 Å². The highest BCUT2D eigenvalue weighted by Gasteiger charge is 2.40. The summed E-state index contributed by atoms with van der Waals surface area (Å²) in [6, 6.07) is 0.